The number of halogens is 6. The average molecular weight is 389 g/mol. The lowest BCUT2D eigenvalue weighted by Gasteiger charge is -2.15. The molecule has 2 aromatic rings. The van der Waals surface area contributed by atoms with Gasteiger partial charge in [0.05, 0.1) is 16.8 Å². The Hall–Kier alpha value is -2.68. The summed E-state index contributed by atoms with van der Waals surface area (Å²) in [6.07, 6.45) is -8.72. The largest absolute Gasteiger partial charge is 0.416 e. The topological polar surface area (TPSA) is 64.1 Å². The van der Waals surface area contributed by atoms with Crippen LogP contribution in [0.1, 0.15) is 28.3 Å². The van der Waals surface area contributed by atoms with Crippen molar-refractivity contribution in [3.8, 4) is 0 Å². The van der Waals surface area contributed by atoms with Gasteiger partial charge in [-0.3, -0.25) is 0 Å². The maximum absolute atomic E-state index is 12.9. The van der Waals surface area contributed by atoms with E-state index < -0.39 is 35.1 Å². The van der Waals surface area contributed by atoms with Crippen LogP contribution in [-0.4, -0.2) is 6.54 Å². The first-order chi connectivity index (χ1) is 12.5. The summed E-state index contributed by atoms with van der Waals surface area (Å²) in [6, 6.07) is 9.75. The van der Waals surface area contributed by atoms with E-state index >= 15 is 0 Å². The highest BCUT2D eigenvalue weighted by molar-refractivity contribution is 5.64. The first-order valence-corrected chi connectivity index (χ1v) is 7.78. The molecule has 0 spiro atoms. The summed E-state index contributed by atoms with van der Waals surface area (Å²) in [5.74, 6) is 0. The zero-order valence-corrected chi connectivity index (χ0v) is 13.9. The second-order valence-corrected chi connectivity index (χ2v) is 5.82. The molecule has 3 nitrogen and oxygen atoms in total. The second-order valence-electron chi connectivity index (χ2n) is 5.82. The van der Waals surface area contributed by atoms with Gasteiger partial charge < -0.3 is 16.8 Å². The summed E-state index contributed by atoms with van der Waals surface area (Å²) >= 11 is 0. The molecule has 0 saturated carbocycles. The van der Waals surface area contributed by atoms with Gasteiger partial charge in [-0.1, -0.05) is 30.3 Å². The number of rotatable bonds is 5. The van der Waals surface area contributed by atoms with E-state index in [1.807, 2.05) is 6.07 Å². The van der Waals surface area contributed by atoms with E-state index in [1.54, 1.807) is 24.3 Å². The van der Waals surface area contributed by atoms with Crippen molar-refractivity contribution < 1.29 is 26.3 Å². The van der Waals surface area contributed by atoms with Crippen molar-refractivity contribution in [2.24, 2.45) is 11.5 Å². The molecule has 5 N–H and O–H groups in total. The Morgan fingerprint density at radius 3 is 1.93 bits per heavy atom. The minimum absolute atomic E-state index is 0.0511. The van der Waals surface area contributed by atoms with Crippen LogP contribution in [0.3, 0.4) is 0 Å². The third-order valence-electron chi connectivity index (χ3n) is 3.74. The molecule has 0 heterocycles. The van der Waals surface area contributed by atoms with Gasteiger partial charge in [-0.05, 0) is 23.8 Å². The first-order valence-electron chi connectivity index (χ1n) is 7.78. The van der Waals surface area contributed by atoms with Crippen molar-refractivity contribution in [1.82, 2.24) is 5.32 Å². The molecule has 1 unspecified atom stereocenters. The van der Waals surface area contributed by atoms with Crippen molar-refractivity contribution in [3.63, 3.8) is 0 Å². The molecule has 0 saturated heterocycles. The summed E-state index contributed by atoms with van der Waals surface area (Å²) in [5.41, 5.74) is 8.92. The molecule has 0 fully saturated rings. The molecule has 0 aromatic heterocycles. The highest BCUT2D eigenvalue weighted by Crippen LogP contribution is 2.37. The molecule has 9 heteroatoms. The van der Waals surface area contributed by atoms with Crippen LogP contribution in [-0.2, 0) is 12.4 Å². The van der Waals surface area contributed by atoms with Crippen molar-refractivity contribution in [2.75, 3.05) is 6.54 Å². The monoisotopic (exact) mass is 389 g/mol. The average Bonchev–Trinajstić information content (AvgIpc) is 2.60. The van der Waals surface area contributed by atoms with Gasteiger partial charge in [0.1, 0.15) is 0 Å². The van der Waals surface area contributed by atoms with Gasteiger partial charge in [-0.25, -0.2) is 0 Å². The van der Waals surface area contributed by atoms with Crippen molar-refractivity contribution in [2.45, 2.75) is 18.4 Å². The third-order valence-corrected chi connectivity index (χ3v) is 3.74. The second kappa shape index (κ2) is 7.91. The number of hydrogen-bond acceptors (Lipinski definition) is 3. The summed E-state index contributed by atoms with van der Waals surface area (Å²) in [6.45, 7) is 0.190. The minimum atomic E-state index is -4.93. The molecular formula is C18H17F6N3. The van der Waals surface area contributed by atoms with Crippen LogP contribution >= 0.6 is 0 Å². The van der Waals surface area contributed by atoms with Crippen molar-refractivity contribution in [1.29, 1.82) is 0 Å². The molecule has 0 radical (unpaired) electrons. The predicted octanol–water partition coefficient (Wildman–Crippen LogP) is 4.27. The molecule has 0 amide bonds. The van der Waals surface area contributed by atoms with Crippen LogP contribution in [0.4, 0.5) is 26.3 Å². The van der Waals surface area contributed by atoms with Gasteiger partial charge >= 0.3 is 12.4 Å². The maximum atomic E-state index is 12.9. The standard InChI is InChI=1S/C18H17F6N3/c19-17(20,21)13-6-12(7-14(8-13)18(22,23)24)16(26)10-27-9-15(25)11-4-2-1-3-5-11/h1-8,10,15,27H,9,25-26H2/b16-10-. The maximum Gasteiger partial charge on any atom is 0.416 e. The van der Waals surface area contributed by atoms with Gasteiger partial charge in [0.2, 0.25) is 0 Å². The Morgan fingerprint density at radius 2 is 1.44 bits per heavy atom. The van der Waals surface area contributed by atoms with Gasteiger partial charge in [0, 0.05) is 24.4 Å². The van der Waals surface area contributed by atoms with E-state index in [9.17, 15) is 26.3 Å². The van der Waals surface area contributed by atoms with E-state index in [0.717, 1.165) is 11.8 Å². The smallest absolute Gasteiger partial charge is 0.397 e. The third kappa shape index (κ3) is 5.65. The van der Waals surface area contributed by atoms with Gasteiger partial charge in [0.15, 0.2) is 0 Å². The fourth-order valence-electron chi connectivity index (χ4n) is 2.32. The fraction of sp³-hybridized carbons (Fsp3) is 0.222. The molecule has 0 aliphatic heterocycles. The molecule has 0 aliphatic rings. The number of benzene rings is 2. The van der Waals surface area contributed by atoms with E-state index in [-0.39, 0.29) is 18.3 Å². The Kier molecular flexibility index (Phi) is 6.04. The molecule has 0 aliphatic carbocycles. The van der Waals surface area contributed by atoms with Crippen LogP contribution in [0.15, 0.2) is 54.7 Å². The Morgan fingerprint density at radius 1 is 0.926 bits per heavy atom. The zero-order chi connectivity index (χ0) is 20.2. The predicted molar refractivity (Wildman–Crippen MR) is 90.0 cm³/mol. The summed E-state index contributed by atoms with van der Waals surface area (Å²) in [5, 5.41) is 2.72. The lowest BCUT2D eigenvalue weighted by molar-refractivity contribution is -0.143. The minimum Gasteiger partial charge on any atom is -0.397 e. The summed E-state index contributed by atoms with van der Waals surface area (Å²) in [7, 11) is 0. The van der Waals surface area contributed by atoms with Crippen LogP contribution < -0.4 is 16.8 Å². The van der Waals surface area contributed by atoms with Crippen LogP contribution in [0.2, 0.25) is 0 Å². The van der Waals surface area contributed by atoms with E-state index in [1.165, 1.54) is 0 Å². The van der Waals surface area contributed by atoms with Crippen molar-refractivity contribution in [3.05, 3.63) is 77.0 Å². The normalized spacial score (nSPS) is 14.1. The van der Waals surface area contributed by atoms with Crippen LogP contribution in [0.5, 0.6) is 0 Å². The Bertz CT molecular complexity index is 765. The van der Waals surface area contributed by atoms with Crippen LogP contribution in [0.25, 0.3) is 5.70 Å². The molecule has 0 bridgehead atoms. The molecule has 2 aromatic carbocycles. The van der Waals surface area contributed by atoms with Crippen molar-refractivity contribution >= 4 is 5.70 Å². The number of hydrogen-bond donors (Lipinski definition) is 3. The number of nitrogens with two attached hydrogens (primary N) is 2. The van der Waals surface area contributed by atoms with E-state index in [2.05, 4.69) is 5.32 Å². The van der Waals surface area contributed by atoms with Gasteiger partial charge in [0.25, 0.3) is 0 Å². The summed E-state index contributed by atoms with van der Waals surface area (Å²) < 4.78 is 77.3. The number of alkyl halides is 6. The van der Waals surface area contributed by atoms with Gasteiger partial charge in [-0.2, -0.15) is 26.3 Å². The summed E-state index contributed by atoms with van der Waals surface area (Å²) in [4.78, 5) is 0. The molecule has 146 valence electrons. The Labute approximate surface area is 151 Å². The molecule has 1 atom stereocenters. The first kappa shape index (κ1) is 20.6. The molecule has 27 heavy (non-hydrogen) atoms. The van der Waals surface area contributed by atoms with Crippen LogP contribution in [0, 0.1) is 0 Å². The lowest BCUT2D eigenvalue weighted by Crippen LogP contribution is -2.24. The SMILES string of the molecule is N/C(=C\NCC(N)c1ccccc1)c1cc(C(F)(F)F)cc(C(F)(F)F)c1. The molecular weight excluding hydrogens is 372 g/mol. The highest BCUT2D eigenvalue weighted by atomic mass is 19.4. The Balaban J connectivity index is 2.21. The lowest BCUT2D eigenvalue weighted by atomic mass is 10.0. The zero-order valence-electron chi connectivity index (χ0n) is 13.9. The fourth-order valence-corrected chi connectivity index (χ4v) is 2.32. The van der Waals surface area contributed by atoms with Gasteiger partial charge in [-0.15, -0.1) is 0 Å². The van der Waals surface area contributed by atoms with E-state index in [0.29, 0.717) is 12.1 Å². The number of nitrogens with one attached hydrogen (secondary N) is 1. The quantitative estimate of drug-likeness (QED) is 0.670. The highest BCUT2D eigenvalue weighted by Gasteiger charge is 2.37. The van der Waals surface area contributed by atoms with E-state index in [4.69, 9.17) is 11.5 Å². The molecule has 2 rings (SSSR count).